The van der Waals surface area contributed by atoms with Crippen molar-refractivity contribution in [2.75, 3.05) is 19.8 Å². The molecule has 0 heterocycles. The summed E-state index contributed by atoms with van der Waals surface area (Å²) in [5, 5.41) is 11.3. The highest BCUT2D eigenvalue weighted by atomic mass is 32.1. The second-order valence-electron chi connectivity index (χ2n) is 14.4. The van der Waals surface area contributed by atoms with Crippen LogP contribution >= 0.6 is 12.2 Å². The summed E-state index contributed by atoms with van der Waals surface area (Å²) in [6.07, 6.45) is 11.0. The summed E-state index contributed by atoms with van der Waals surface area (Å²) in [6, 6.07) is 3.76. The first-order chi connectivity index (χ1) is 24.3. The van der Waals surface area contributed by atoms with Crippen LogP contribution in [0.3, 0.4) is 0 Å². The number of phenolic OH excluding ortho intramolecular Hbond substituents is 1. The quantitative estimate of drug-likeness (QED) is 0.0733. The first kappa shape index (κ1) is 39.8. The highest BCUT2D eigenvalue weighted by Gasteiger charge is 2.61. The molecule has 1 unspecified atom stereocenters. The number of Topliss-reactive ketones (excluding diaryl/α,β-unsaturated/α-hetero) is 1. The lowest BCUT2D eigenvalue weighted by atomic mass is 9.56. The second-order valence-corrected chi connectivity index (χ2v) is 14.7. The number of phenols is 1. The van der Waals surface area contributed by atoms with Crippen molar-refractivity contribution in [1.29, 1.82) is 0 Å². The van der Waals surface area contributed by atoms with Crippen LogP contribution in [0, 0.1) is 35.5 Å². The fraction of sp³-hybridized carbons (Fsp3) is 0.524. The number of rotatable bonds is 17. The molecule has 276 valence electrons. The van der Waals surface area contributed by atoms with Gasteiger partial charge in [0.2, 0.25) is 0 Å². The van der Waals surface area contributed by atoms with Crippen molar-refractivity contribution in [2.24, 2.45) is 35.5 Å². The summed E-state index contributed by atoms with van der Waals surface area (Å²) >= 11 is 5.65. The Hall–Kier alpha value is -3.98. The van der Waals surface area contributed by atoms with E-state index in [1.165, 1.54) is 17.7 Å². The van der Waals surface area contributed by atoms with Crippen molar-refractivity contribution >= 4 is 35.2 Å². The molecule has 51 heavy (non-hydrogen) atoms. The number of hydrogen-bond acceptors (Lipinski definition) is 9. The number of esters is 2. The molecular formula is C42H54O8S. The van der Waals surface area contributed by atoms with Crippen molar-refractivity contribution in [2.45, 2.75) is 85.5 Å². The molecule has 4 rings (SSSR count). The maximum atomic E-state index is 13.6. The minimum atomic E-state index is -0.661. The van der Waals surface area contributed by atoms with Gasteiger partial charge in [-0.15, -0.1) is 0 Å². The van der Waals surface area contributed by atoms with E-state index in [4.69, 9.17) is 31.2 Å². The Labute approximate surface area is 308 Å². The summed E-state index contributed by atoms with van der Waals surface area (Å²) in [5.74, 6) is -2.38. The van der Waals surface area contributed by atoms with E-state index in [1.54, 1.807) is 0 Å². The topological polar surface area (TPSA) is 108 Å². The van der Waals surface area contributed by atoms with Gasteiger partial charge in [-0.3, -0.25) is 9.59 Å². The van der Waals surface area contributed by atoms with Gasteiger partial charge in [0.1, 0.15) is 37.1 Å². The Morgan fingerprint density at radius 3 is 2.49 bits per heavy atom. The summed E-state index contributed by atoms with van der Waals surface area (Å²) in [7, 11) is 0. The van der Waals surface area contributed by atoms with Gasteiger partial charge in [-0.1, -0.05) is 82.7 Å². The molecule has 1 aromatic rings. The molecule has 0 amide bonds. The highest BCUT2D eigenvalue weighted by molar-refractivity contribution is 7.79. The molecule has 1 N–H and O–H groups in total. The number of hydrogen-bond donors (Lipinski definition) is 1. The molecule has 0 spiro atoms. The number of unbranched alkanes of at least 4 members (excludes halogenated alkanes) is 2. The van der Waals surface area contributed by atoms with E-state index in [1.807, 2.05) is 32.9 Å². The maximum absolute atomic E-state index is 13.6. The smallest absolute Gasteiger partial charge is 0.358 e. The highest BCUT2D eigenvalue weighted by Crippen LogP contribution is 2.57. The van der Waals surface area contributed by atoms with Gasteiger partial charge in [0.15, 0.2) is 0 Å². The second kappa shape index (κ2) is 18.0. The van der Waals surface area contributed by atoms with Gasteiger partial charge in [0.05, 0.1) is 11.5 Å². The number of carbonyl (C=O) groups excluding carboxylic acids is 3. The van der Waals surface area contributed by atoms with Crippen LogP contribution in [0.25, 0.3) is 0 Å². The normalized spacial score (nSPS) is 24.4. The number of carbonyl (C=O) groups is 3. The van der Waals surface area contributed by atoms with Gasteiger partial charge in [-0.2, -0.15) is 0 Å². The van der Waals surface area contributed by atoms with Crippen molar-refractivity contribution in [1.82, 2.24) is 0 Å². The van der Waals surface area contributed by atoms with Crippen LogP contribution in [0.2, 0.25) is 0 Å². The zero-order valence-electron chi connectivity index (χ0n) is 30.8. The lowest BCUT2D eigenvalue weighted by Crippen LogP contribution is -2.52. The molecule has 3 aliphatic rings. The van der Waals surface area contributed by atoms with Crippen LogP contribution in [-0.4, -0.2) is 47.9 Å². The lowest BCUT2D eigenvalue weighted by Gasteiger charge is -2.45. The average molecular weight is 719 g/mol. The zero-order chi connectivity index (χ0) is 37.4. The molecule has 0 aliphatic heterocycles. The number of ether oxygens (including phenoxy) is 4. The van der Waals surface area contributed by atoms with Crippen molar-refractivity contribution in [3.63, 3.8) is 0 Å². The van der Waals surface area contributed by atoms with Crippen LogP contribution in [0.5, 0.6) is 11.5 Å². The summed E-state index contributed by atoms with van der Waals surface area (Å²) < 4.78 is 23.0. The predicted octanol–water partition coefficient (Wildman–Crippen LogP) is 8.68. The van der Waals surface area contributed by atoms with Crippen LogP contribution in [0.4, 0.5) is 0 Å². The predicted molar refractivity (Wildman–Crippen MR) is 202 cm³/mol. The SMILES string of the molecule is C=CCOC(=O)C[C@H](C)[C@H]1C(=O)C2C(C(=O)OCC=C)=C(COC(=S)Oc3cc(CCCCC)cc(O)c3[C@@H]3C=C(C)CC[C@H]3C(=C)C)[C@H](C)[C@@H]21. The van der Waals surface area contributed by atoms with E-state index >= 15 is 0 Å². The van der Waals surface area contributed by atoms with Crippen LogP contribution < -0.4 is 4.74 Å². The Morgan fingerprint density at radius 2 is 1.82 bits per heavy atom. The summed E-state index contributed by atoms with van der Waals surface area (Å²) in [4.78, 5) is 39.4. The molecular weight excluding hydrogens is 665 g/mol. The van der Waals surface area contributed by atoms with E-state index in [-0.39, 0.29) is 78.2 Å². The van der Waals surface area contributed by atoms with Crippen LogP contribution in [-0.2, 0) is 35.0 Å². The van der Waals surface area contributed by atoms with Crippen molar-refractivity contribution in [3.8, 4) is 11.5 Å². The summed E-state index contributed by atoms with van der Waals surface area (Å²) in [6.45, 7) is 21.6. The fourth-order valence-electron chi connectivity index (χ4n) is 8.20. The Morgan fingerprint density at radius 1 is 1.12 bits per heavy atom. The third-order valence-electron chi connectivity index (χ3n) is 10.7. The number of aromatic hydroxyl groups is 1. The molecule has 8 nitrogen and oxygen atoms in total. The zero-order valence-corrected chi connectivity index (χ0v) is 31.7. The number of ketones is 1. The molecule has 1 aromatic carbocycles. The van der Waals surface area contributed by atoms with Crippen molar-refractivity contribution < 1.29 is 38.4 Å². The largest absolute Gasteiger partial charge is 0.507 e. The molecule has 9 heteroatoms. The molecule has 1 fully saturated rings. The van der Waals surface area contributed by atoms with Gasteiger partial charge >= 0.3 is 17.2 Å². The van der Waals surface area contributed by atoms with E-state index < -0.39 is 23.8 Å². The minimum absolute atomic E-state index is 0.00589. The Kier molecular flexibility index (Phi) is 14.0. The molecule has 0 bridgehead atoms. The van der Waals surface area contributed by atoms with Gasteiger partial charge < -0.3 is 24.1 Å². The number of aryl methyl sites for hydroxylation is 1. The standard InChI is InChI=1S/C42H54O8S/c1-9-12-13-14-28-21-32(43)37(30-19-25(6)15-16-29(30)24(4)5)33(22-28)50-42(51)49-23-31-27(8)36-35(26(7)20-34(44)47-17-10-2)40(45)39(36)38(31)41(46)48-18-11-3/h10-11,19,21-22,26-27,29-30,35-36,39,43H,2-4,9,12-18,20,23H2,1,5-8H3/t26-,27-,29-,30+,35+,36+,39?/m0/s1. The first-order valence-electron chi connectivity index (χ1n) is 18.2. The number of fused-ring (bicyclic) bond motifs is 1. The van der Waals surface area contributed by atoms with Crippen LogP contribution in [0.1, 0.15) is 90.2 Å². The number of thiocarbonyl (C=S) groups is 1. The van der Waals surface area contributed by atoms with E-state index in [0.29, 0.717) is 16.9 Å². The van der Waals surface area contributed by atoms with E-state index in [9.17, 15) is 19.5 Å². The molecule has 1 saturated carbocycles. The fourth-order valence-corrected chi connectivity index (χ4v) is 8.35. The van der Waals surface area contributed by atoms with E-state index in [2.05, 4.69) is 39.7 Å². The van der Waals surface area contributed by atoms with Gasteiger partial charge in [0, 0.05) is 36.0 Å². The lowest BCUT2D eigenvalue weighted by molar-refractivity contribution is -0.152. The molecule has 0 saturated heterocycles. The number of benzene rings is 1. The first-order valence-corrected chi connectivity index (χ1v) is 18.6. The third kappa shape index (κ3) is 9.09. The summed E-state index contributed by atoms with van der Waals surface area (Å²) in [5.41, 5.74) is 4.74. The minimum Gasteiger partial charge on any atom is -0.507 e. The third-order valence-corrected chi connectivity index (χ3v) is 10.9. The molecule has 0 aromatic heterocycles. The van der Waals surface area contributed by atoms with Crippen molar-refractivity contribution in [3.05, 3.63) is 83.5 Å². The molecule has 7 atom stereocenters. The average Bonchev–Trinajstić information content (AvgIpc) is 3.32. The van der Waals surface area contributed by atoms with E-state index in [0.717, 1.165) is 49.7 Å². The molecule has 0 radical (unpaired) electrons. The van der Waals surface area contributed by atoms with Gasteiger partial charge in [0.25, 0.3) is 0 Å². The monoisotopic (exact) mass is 718 g/mol. The Bertz CT molecular complexity index is 1600. The Balaban J connectivity index is 1.60. The number of allylic oxidation sites excluding steroid dienone is 3. The maximum Gasteiger partial charge on any atom is 0.358 e. The van der Waals surface area contributed by atoms with Crippen LogP contribution in [0.15, 0.2) is 72.4 Å². The molecule has 3 aliphatic carbocycles. The van der Waals surface area contributed by atoms with Gasteiger partial charge in [-0.25, -0.2) is 4.79 Å². The van der Waals surface area contributed by atoms with Gasteiger partial charge in [-0.05, 0) is 86.5 Å².